The monoisotopic (exact) mass is 297 g/mol. The minimum absolute atomic E-state index is 0.229. The zero-order valence-corrected chi connectivity index (χ0v) is 12.4. The number of pyridine rings is 1. The van der Waals surface area contributed by atoms with Gasteiger partial charge in [-0.1, -0.05) is 6.07 Å². The van der Waals surface area contributed by atoms with E-state index in [1.165, 1.54) is 0 Å². The molecule has 2 aromatic heterocycles. The molecule has 2 atom stereocenters. The number of carbonyl (C=O) groups excluding carboxylic acids is 1. The summed E-state index contributed by atoms with van der Waals surface area (Å²) in [6.07, 6.45) is 11.5. The summed E-state index contributed by atoms with van der Waals surface area (Å²) < 4.78 is 0. The summed E-state index contributed by atoms with van der Waals surface area (Å²) >= 11 is 0. The predicted octanol–water partition coefficient (Wildman–Crippen LogP) is 1.61. The highest BCUT2D eigenvalue weighted by molar-refractivity contribution is 5.79. The van der Waals surface area contributed by atoms with E-state index in [-0.39, 0.29) is 5.91 Å². The van der Waals surface area contributed by atoms with Crippen molar-refractivity contribution < 1.29 is 4.79 Å². The minimum Gasteiger partial charge on any atom is -0.336 e. The summed E-state index contributed by atoms with van der Waals surface area (Å²) in [7, 11) is 0. The molecule has 0 spiro atoms. The SMILES string of the molecule is O=C(Cc1cccnc1)N1C2CCC1CC(n1nccn1)C2. The molecule has 0 radical (unpaired) electrons. The Morgan fingerprint density at radius 2 is 1.82 bits per heavy atom. The van der Waals surface area contributed by atoms with E-state index >= 15 is 0 Å². The maximum atomic E-state index is 12.7. The van der Waals surface area contributed by atoms with Crippen molar-refractivity contribution in [3.05, 3.63) is 42.5 Å². The Morgan fingerprint density at radius 1 is 1.09 bits per heavy atom. The Bertz CT molecular complexity index is 628. The lowest BCUT2D eigenvalue weighted by Crippen LogP contribution is -2.47. The molecule has 2 saturated heterocycles. The van der Waals surface area contributed by atoms with Crippen molar-refractivity contribution in [1.82, 2.24) is 24.9 Å². The van der Waals surface area contributed by atoms with Crippen LogP contribution in [-0.4, -0.2) is 42.9 Å². The van der Waals surface area contributed by atoms with Crippen molar-refractivity contribution in [2.24, 2.45) is 0 Å². The van der Waals surface area contributed by atoms with Gasteiger partial charge in [0, 0.05) is 24.5 Å². The lowest BCUT2D eigenvalue weighted by atomic mass is 9.97. The average Bonchev–Trinajstić information content (AvgIpc) is 3.15. The van der Waals surface area contributed by atoms with E-state index in [0.717, 1.165) is 31.2 Å². The number of aromatic nitrogens is 4. The Hall–Kier alpha value is -2.24. The summed E-state index contributed by atoms with van der Waals surface area (Å²) in [5.74, 6) is 0.229. The van der Waals surface area contributed by atoms with Crippen LogP contribution in [0.1, 0.15) is 37.3 Å². The quantitative estimate of drug-likeness (QED) is 0.863. The normalized spacial score (nSPS) is 27.1. The van der Waals surface area contributed by atoms with Crippen LogP contribution in [0.25, 0.3) is 0 Å². The van der Waals surface area contributed by atoms with Gasteiger partial charge in [-0.15, -0.1) is 0 Å². The zero-order chi connectivity index (χ0) is 14.9. The molecule has 4 rings (SSSR count). The standard InChI is InChI=1S/C16H19N5O/c22-16(8-12-2-1-5-17-11-12)20-13-3-4-14(20)10-15(9-13)21-18-6-7-19-21/h1-2,5-7,11,13-15H,3-4,8-10H2. The second-order valence-electron chi connectivity index (χ2n) is 6.20. The number of nitrogens with zero attached hydrogens (tertiary/aromatic N) is 5. The van der Waals surface area contributed by atoms with Crippen LogP contribution < -0.4 is 0 Å². The first kappa shape index (κ1) is 13.4. The van der Waals surface area contributed by atoms with Gasteiger partial charge in [0.05, 0.1) is 24.9 Å². The van der Waals surface area contributed by atoms with E-state index in [2.05, 4.69) is 20.1 Å². The molecular formula is C16H19N5O. The van der Waals surface area contributed by atoms with Gasteiger partial charge in [0.25, 0.3) is 0 Å². The molecule has 1 amide bonds. The Labute approximate surface area is 129 Å². The molecule has 6 nitrogen and oxygen atoms in total. The smallest absolute Gasteiger partial charge is 0.227 e. The van der Waals surface area contributed by atoms with Crippen LogP contribution in [0.15, 0.2) is 36.9 Å². The van der Waals surface area contributed by atoms with Crippen LogP contribution in [0.3, 0.4) is 0 Å². The van der Waals surface area contributed by atoms with Crippen molar-refractivity contribution in [3.8, 4) is 0 Å². The first-order valence-corrected chi connectivity index (χ1v) is 7.87. The molecular weight excluding hydrogens is 278 g/mol. The van der Waals surface area contributed by atoms with E-state index in [9.17, 15) is 4.79 Å². The molecule has 0 aliphatic carbocycles. The topological polar surface area (TPSA) is 63.9 Å². The van der Waals surface area contributed by atoms with Crippen LogP contribution in [0.2, 0.25) is 0 Å². The largest absolute Gasteiger partial charge is 0.336 e. The molecule has 2 fully saturated rings. The summed E-state index contributed by atoms with van der Waals surface area (Å²) in [6.45, 7) is 0. The fourth-order valence-corrected chi connectivity index (χ4v) is 3.93. The highest BCUT2D eigenvalue weighted by Crippen LogP contribution is 2.40. The first-order chi connectivity index (χ1) is 10.8. The molecule has 22 heavy (non-hydrogen) atoms. The van der Waals surface area contributed by atoms with Crippen molar-refractivity contribution in [3.63, 3.8) is 0 Å². The second-order valence-corrected chi connectivity index (χ2v) is 6.20. The van der Waals surface area contributed by atoms with E-state index < -0.39 is 0 Å². The Kier molecular flexibility index (Phi) is 3.36. The minimum atomic E-state index is 0.229. The maximum Gasteiger partial charge on any atom is 0.227 e. The maximum absolute atomic E-state index is 12.7. The predicted molar refractivity (Wildman–Crippen MR) is 79.9 cm³/mol. The van der Waals surface area contributed by atoms with Gasteiger partial charge in [-0.05, 0) is 37.3 Å². The van der Waals surface area contributed by atoms with E-state index in [1.807, 2.05) is 16.9 Å². The second kappa shape index (κ2) is 5.51. The fraction of sp³-hybridized carbons (Fsp3) is 0.500. The van der Waals surface area contributed by atoms with Crippen LogP contribution in [0.5, 0.6) is 0 Å². The zero-order valence-electron chi connectivity index (χ0n) is 12.4. The van der Waals surface area contributed by atoms with Gasteiger partial charge in [0.15, 0.2) is 0 Å². The van der Waals surface area contributed by atoms with Gasteiger partial charge in [-0.2, -0.15) is 15.0 Å². The van der Waals surface area contributed by atoms with Crippen molar-refractivity contribution >= 4 is 5.91 Å². The Balaban J connectivity index is 1.47. The first-order valence-electron chi connectivity index (χ1n) is 7.87. The lowest BCUT2D eigenvalue weighted by Gasteiger charge is -2.38. The van der Waals surface area contributed by atoms with Crippen LogP contribution in [-0.2, 0) is 11.2 Å². The van der Waals surface area contributed by atoms with Gasteiger partial charge < -0.3 is 4.90 Å². The van der Waals surface area contributed by atoms with E-state index in [0.29, 0.717) is 24.5 Å². The molecule has 2 aromatic rings. The molecule has 6 heteroatoms. The molecule has 0 N–H and O–H groups in total. The molecule has 2 unspecified atom stereocenters. The van der Waals surface area contributed by atoms with Crippen molar-refractivity contribution in [2.75, 3.05) is 0 Å². The molecule has 0 aromatic carbocycles. The molecule has 0 saturated carbocycles. The van der Waals surface area contributed by atoms with Crippen molar-refractivity contribution in [2.45, 2.75) is 50.2 Å². The van der Waals surface area contributed by atoms with Crippen LogP contribution >= 0.6 is 0 Å². The van der Waals surface area contributed by atoms with Gasteiger partial charge >= 0.3 is 0 Å². The number of hydrogen-bond acceptors (Lipinski definition) is 4. The molecule has 2 bridgehead atoms. The number of hydrogen-bond donors (Lipinski definition) is 0. The fourth-order valence-electron chi connectivity index (χ4n) is 3.93. The van der Waals surface area contributed by atoms with Crippen molar-refractivity contribution in [1.29, 1.82) is 0 Å². The number of fused-ring (bicyclic) bond motifs is 2. The summed E-state index contributed by atoms with van der Waals surface area (Å²) in [6, 6.07) is 4.84. The average molecular weight is 297 g/mol. The van der Waals surface area contributed by atoms with Crippen LogP contribution in [0.4, 0.5) is 0 Å². The highest BCUT2D eigenvalue weighted by Gasteiger charge is 2.43. The van der Waals surface area contributed by atoms with Gasteiger partial charge in [0.2, 0.25) is 5.91 Å². The number of carbonyl (C=O) groups is 1. The van der Waals surface area contributed by atoms with Gasteiger partial charge in [-0.3, -0.25) is 9.78 Å². The number of rotatable bonds is 3. The summed E-state index contributed by atoms with van der Waals surface area (Å²) in [5, 5.41) is 8.54. The van der Waals surface area contributed by atoms with E-state index in [1.54, 1.807) is 24.8 Å². The third kappa shape index (κ3) is 2.38. The molecule has 2 aliphatic heterocycles. The van der Waals surface area contributed by atoms with E-state index in [4.69, 9.17) is 0 Å². The molecule has 2 aliphatic rings. The lowest BCUT2D eigenvalue weighted by molar-refractivity contribution is -0.135. The van der Waals surface area contributed by atoms with Gasteiger partial charge in [-0.25, -0.2) is 0 Å². The molecule has 114 valence electrons. The summed E-state index contributed by atoms with van der Waals surface area (Å²) in [5.41, 5.74) is 0.989. The number of piperidine rings is 1. The third-order valence-electron chi connectivity index (χ3n) is 4.84. The summed E-state index contributed by atoms with van der Waals surface area (Å²) in [4.78, 5) is 20.7. The molecule has 4 heterocycles. The third-order valence-corrected chi connectivity index (χ3v) is 4.84. The Morgan fingerprint density at radius 3 is 2.45 bits per heavy atom. The van der Waals surface area contributed by atoms with Gasteiger partial charge in [0.1, 0.15) is 0 Å². The number of amides is 1. The highest BCUT2D eigenvalue weighted by atomic mass is 16.2. The van der Waals surface area contributed by atoms with Crippen LogP contribution in [0, 0.1) is 0 Å².